The Kier molecular flexibility index (Phi) is 7.38. The lowest BCUT2D eigenvalue weighted by Gasteiger charge is -2.24. The van der Waals surface area contributed by atoms with Gasteiger partial charge in [-0.2, -0.15) is 0 Å². The van der Waals surface area contributed by atoms with Crippen LogP contribution in [0, 0.1) is 0 Å². The molecule has 0 aliphatic heterocycles. The first-order chi connectivity index (χ1) is 11.0. The Bertz CT molecular complexity index is 698. The molecule has 0 bridgehead atoms. The molecule has 1 N–H and O–H groups in total. The van der Waals surface area contributed by atoms with Crippen molar-refractivity contribution in [3.8, 4) is 0 Å². The van der Waals surface area contributed by atoms with Crippen LogP contribution in [0.5, 0.6) is 0 Å². The zero-order valence-corrected chi connectivity index (χ0v) is 17.1. The fraction of sp³-hybridized carbons (Fsp3) is 0.562. The average Bonchev–Trinajstić information content (AvgIpc) is 2.46. The summed E-state index contributed by atoms with van der Waals surface area (Å²) >= 11 is 11.9. The van der Waals surface area contributed by atoms with Crippen molar-refractivity contribution in [2.24, 2.45) is 4.99 Å². The van der Waals surface area contributed by atoms with Gasteiger partial charge in [0.25, 0.3) is 0 Å². The van der Waals surface area contributed by atoms with E-state index in [0.29, 0.717) is 29.1 Å². The van der Waals surface area contributed by atoms with Crippen molar-refractivity contribution < 1.29 is 8.42 Å². The molecule has 0 aromatic heterocycles. The Morgan fingerprint density at radius 3 is 2.38 bits per heavy atom. The van der Waals surface area contributed by atoms with Crippen LogP contribution in [-0.4, -0.2) is 50.4 Å². The highest BCUT2D eigenvalue weighted by atomic mass is 35.5. The number of halogens is 2. The molecule has 0 amide bonds. The number of hydrogen-bond acceptors (Lipinski definition) is 3. The molecule has 1 rings (SSSR count). The third-order valence-corrected chi connectivity index (χ3v) is 6.91. The fourth-order valence-corrected chi connectivity index (χ4v) is 3.28. The van der Waals surface area contributed by atoms with Gasteiger partial charge < -0.3 is 10.2 Å². The molecular weight excluding hydrogens is 369 g/mol. The number of rotatable bonds is 5. The molecule has 5 nitrogen and oxygen atoms in total. The SMILES string of the molecule is CN=C(NCCS(=O)(=O)C(C)(C)C)N(C)Cc1ccc(Cl)c(Cl)c1. The topological polar surface area (TPSA) is 61.8 Å². The zero-order valence-electron chi connectivity index (χ0n) is 14.7. The standard InChI is InChI=1S/C16H25Cl2N3O2S/c1-16(2,3)24(22,23)9-8-20-15(19-4)21(5)11-12-6-7-13(17)14(18)10-12/h6-7,10H,8-9,11H2,1-5H3,(H,19,20). The van der Waals surface area contributed by atoms with E-state index >= 15 is 0 Å². The molecule has 24 heavy (non-hydrogen) atoms. The average molecular weight is 394 g/mol. The summed E-state index contributed by atoms with van der Waals surface area (Å²) in [5.41, 5.74) is 0.983. The predicted molar refractivity (Wildman–Crippen MR) is 103 cm³/mol. The molecular formula is C16H25Cl2N3O2S. The highest BCUT2D eigenvalue weighted by molar-refractivity contribution is 7.92. The van der Waals surface area contributed by atoms with Crippen molar-refractivity contribution in [3.05, 3.63) is 33.8 Å². The summed E-state index contributed by atoms with van der Waals surface area (Å²) in [6.07, 6.45) is 0. The van der Waals surface area contributed by atoms with Crippen LogP contribution >= 0.6 is 23.2 Å². The molecule has 0 radical (unpaired) electrons. The number of benzene rings is 1. The van der Waals surface area contributed by atoms with E-state index in [1.165, 1.54) is 0 Å². The van der Waals surface area contributed by atoms with E-state index in [2.05, 4.69) is 10.3 Å². The van der Waals surface area contributed by atoms with Crippen molar-refractivity contribution in [2.45, 2.75) is 32.1 Å². The van der Waals surface area contributed by atoms with Gasteiger partial charge in [-0.25, -0.2) is 8.42 Å². The third-order valence-electron chi connectivity index (χ3n) is 3.56. The molecule has 0 heterocycles. The maximum absolute atomic E-state index is 12.1. The smallest absolute Gasteiger partial charge is 0.193 e. The molecule has 1 aromatic carbocycles. The highest BCUT2D eigenvalue weighted by Gasteiger charge is 2.28. The minimum atomic E-state index is -3.16. The normalized spacial score (nSPS) is 13.0. The largest absolute Gasteiger partial charge is 0.355 e. The number of guanidine groups is 1. The van der Waals surface area contributed by atoms with Gasteiger partial charge in [0.05, 0.1) is 20.5 Å². The van der Waals surface area contributed by atoms with Crippen LogP contribution in [0.2, 0.25) is 10.0 Å². The first-order valence-electron chi connectivity index (χ1n) is 7.56. The van der Waals surface area contributed by atoms with Gasteiger partial charge in [-0.1, -0.05) is 29.3 Å². The molecule has 136 valence electrons. The van der Waals surface area contributed by atoms with Crippen LogP contribution in [0.3, 0.4) is 0 Å². The van der Waals surface area contributed by atoms with Gasteiger partial charge in [0.2, 0.25) is 0 Å². The fourth-order valence-electron chi connectivity index (χ4n) is 1.97. The van der Waals surface area contributed by atoms with Gasteiger partial charge in [0.15, 0.2) is 15.8 Å². The summed E-state index contributed by atoms with van der Waals surface area (Å²) in [5, 5.41) is 4.10. The first-order valence-corrected chi connectivity index (χ1v) is 9.97. The Balaban J connectivity index is 2.65. The summed E-state index contributed by atoms with van der Waals surface area (Å²) in [7, 11) is 0.365. The first kappa shape index (κ1) is 21.1. The molecule has 0 aliphatic rings. The number of sulfone groups is 1. The van der Waals surface area contributed by atoms with Crippen LogP contribution in [0.1, 0.15) is 26.3 Å². The van der Waals surface area contributed by atoms with Crippen molar-refractivity contribution in [1.82, 2.24) is 10.2 Å². The lowest BCUT2D eigenvalue weighted by molar-refractivity contribution is 0.478. The Morgan fingerprint density at radius 2 is 1.88 bits per heavy atom. The predicted octanol–water partition coefficient (Wildman–Crippen LogP) is 3.21. The number of nitrogens with zero attached hydrogens (tertiary/aromatic N) is 2. The van der Waals surface area contributed by atoms with E-state index in [-0.39, 0.29) is 5.75 Å². The molecule has 0 saturated carbocycles. The van der Waals surface area contributed by atoms with Crippen molar-refractivity contribution in [3.63, 3.8) is 0 Å². The second kappa shape index (κ2) is 8.41. The summed E-state index contributed by atoms with van der Waals surface area (Å²) in [6, 6.07) is 5.44. The van der Waals surface area contributed by atoms with Gasteiger partial charge in [-0.05, 0) is 38.5 Å². The number of aliphatic imine (C=N–C) groups is 1. The van der Waals surface area contributed by atoms with E-state index in [1.807, 2.05) is 18.0 Å². The molecule has 0 aliphatic carbocycles. The molecule has 8 heteroatoms. The van der Waals surface area contributed by atoms with Crippen molar-refractivity contribution >= 4 is 39.0 Å². The van der Waals surface area contributed by atoms with Gasteiger partial charge in [0, 0.05) is 27.2 Å². The maximum Gasteiger partial charge on any atom is 0.193 e. The minimum absolute atomic E-state index is 0.0517. The van der Waals surface area contributed by atoms with E-state index in [0.717, 1.165) is 5.56 Å². The second-order valence-electron chi connectivity index (χ2n) is 6.51. The quantitative estimate of drug-likeness (QED) is 0.615. The van der Waals surface area contributed by atoms with Crippen LogP contribution in [0.4, 0.5) is 0 Å². The third kappa shape index (κ3) is 5.83. The molecule has 1 aromatic rings. The second-order valence-corrected chi connectivity index (χ2v) is 10.2. The van der Waals surface area contributed by atoms with Crippen LogP contribution in [-0.2, 0) is 16.4 Å². The lowest BCUT2D eigenvalue weighted by atomic mass is 10.2. The Morgan fingerprint density at radius 1 is 1.25 bits per heavy atom. The van der Waals surface area contributed by atoms with Crippen molar-refractivity contribution in [1.29, 1.82) is 0 Å². The number of nitrogens with one attached hydrogen (secondary N) is 1. The Hall–Kier alpha value is -0.980. The van der Waals surface area contributed by atoms with Crippen LogP contribution in [0.25, 0.3) is 0 Å². The zero-order chi connectivity index (χ0) is 18.5. The molecule has 0 unspecified atom stereocenters. The lowest BCUT2D eigenvalue weighted by Crippen LogP contribution is -2.42. The van der Waals surface area contributed by atoms with Gasteiger partial charge >= 0.3 is 0 Å². The summed E-state index contributed by atoms with van der Waals surface area (Å²) in [6.45, 7) is 5.98. The van der Waals surface area contributed by atoms with Crippen LogP contribution < -0.4 is 5.32 Å². The molecule has 0 saturated heterocycles. The van der Waals surface area contributed by atoms with Gasteiger partial charge in [-0.15, -0.1) is 0 Å². The maximum atomic E-state index is 12.1. The Labute approximate surface area is 155 Å². The van der Waals surface area contributed by atoms with Gasteiger partial charge in [-0.3, -0.25) is 4.99 Å². The van der Waals surface area contributed by atoms with E-state index in [9.17, 15) is 8.42 Å². The monoisotopic (exact) mass is 393 g/mol. The molecule has 0 spiro atoms. The van der Waals surface area contributed by atoms with E-state index in [4.69, 9.17) is 23.2 Å². The van der Waals surface area contributed by atoms with Gasteiger partial charge in [0.1, 0.15) is 0 Å². The summed E-state index contributed by atoms with van der Waals surface area (Å²) in [5.74, 6) is 0.668. The minimum Gasteiger partial charge on any atom is -0.355 e. The van der Waals surface area contributed by atoms with E-state index < -0.39 is 14.6 Å². The number of hydrogen-bond donors (Lipinski definition) is 1. The van der Waals surface area contributed by atoms with Crippen molar-refractivity contribution in [2.75, 3.05) is 26.4 Å². The van der Waals surface area contributed by atoms with E-state index in [1.54, 1.807) is 40.0 Å². The summed E-state index contributed by atoms with van der Waals surface area (Å²) in [4.78, 5) is 6.08. The van der Waals surface area contributed by atoms with Crippen LogP contribution in [0.15, 0.2) is 23.2 Å². The molecule has 0 atom stereocenters. The molecule has 0 fully saturated rings. The highest BCUT2D eigenvalue weighted by Crippen LogP contribution is 2.23. The summed E-state index contributed by atoms with van der Waals surface area (Å²) < 4.78 is 23.5.